The van der Waals surface area contributed by atoms with E-state index in [-0.39, 0.29) is 12.2 Å². The Labute approximate surface area is 151 Å². The Kier molecular flexibility index (Phi) is 7.70. The van der Waals surface area contributed by atoms with E-state index < -0.39 is 0 Å². The molecule has 2 saturated heterocycles. The van der Waals surface area contributed by atoms with Crippen molar-refractivity contribution in [1.82, 2.24) is 0 Å². The molecule has 0 saturated carbocycles. The summed E-state index contributed by atoms with van der Waals surface area (Å²) >= 11 is 0. The van der Waals surface area contributed by atoms with E-state index in [1.54, 1.807) is 4.90 Å². The molecule has 0 unspecified atom stereocenters. The molecule has 5 nitrogen and oxygen atoms in total. The normalized spacial score (nSPS) is 28.1. The predicted octanol–water partition coefficient (Wildman–Crippen LogP) is -0.646. The number of hydrogen-bond acceptors (Lipinski definition) is 3. The summed E-state index contributed by atoms with van der Waals surface area (Å²) in [6.07, 6.45) is 4.54. The third-order valence-corrected chi connectivity index (χ3v) is 5.41. The van der Waals surface area contributed by atoms with Gasteiger partial charge >= 0.3 is 0 Å². The maximum absolute atomic E-state index is 10.1. The minimum atomic E-state index is -0.379. The van der Waals surface area contributed by atoms with Crippen molar-refractivity contribution in [2.45, 2.75) is 50.5 Å². The fourth-order valence-corrected chi connectivity index (χ4v) is 3.87. The first-order valence-corrected chi connectivity index (χ1v) is 9.88. The molecule has 1 aromatic carbocycles. The molecule has 25 heavy (non-hydrogen) atoms. The van der Waals surface area contributed by atoms with Gasteiger partial charge in [-0.15, -0.1) is 0 Å². The smallest absolute Gasteiger partial charge is 0.126 e. The van der Waals surface area contributed by atoms with Crippen LogP contribution in [-0.2, 0) is 16.0 Å². The van der Waals surface area contributed by atoms with E-state index in [0.29, 0.717) is 19.3 Å². The number of rotatable bonds is 9. The maximum atomic E-state index is 10.1. The van der Waals surface area contributed by atoms with Gasteiger partial charge in [0.1, 0.15) is 19.2 Å². The molecule has 5 heteroatoms. The summed E-state index contributed by atoms with van der Waals surface area (Å²) in [6.45, 7) is 6.23. The summed E-state index contributed by atoms with van der Waals surface area (Å²) in [5.41, 5.74) is 1.43. The SMILES string of the molecule is O[C@@H](C[NH2+]C1CC[NH+](Cc2ccccc2)CC1)COC[C@H]1CCCO1. The third kappa shape index (κ3) is 6.68. The van der Waals surface area contributed by atoms with Crippen LogP contribution < -0.4 is 10.2 Å². The zero-order valence-corrected chi connectivity index (χ0v) is 15.2. The van der Waals surface area contributed by atoms with Gasteiger partial charge in [0.2, 0.25) is 0 Å². The van der Waals surface area contributed by atoms with Gasteiger partial charge in [-0.25, -0.2) is 0 Å². The molecule has 2 fully saturated rings. The highest BCUT2D eigenvalue weighted by Gasteiger charge is 2.25. The van der Waals surface area contributed by atoms with Crippen LogP contribution >= 0.6 is 0 Å². The van der Waals surface area contributed by atoms with Crippen molar-refractivity contribution in [3.05, 3.63) is 35.9 Å². The van der Waals surface area contributed by atoms with Crippen LogP contribution in [0.4, 0.5) is 0 Å². The number of ether oxygens (including phenoxy) is 2. The zero-order chi connectivity index (χ0) is 17.3. The second-order valence-corrected chi connectivity index (χ2v) is 7.55. The van der Waals surface area contributed by atoms with Crippen LogP contribution in [0.3, 0.4) is 0 Å². The quantitative estimate of drug-likeness (QED) is 0.555. The summed E-state index contributed by atoms with van der Waals surface area (Å²) in [5.74, 6) is 0. The van der Waals surface area contributed by atoms with Gasteiger partial charge in [-0.2, -0.15) is 0 Å². The van der Waals surface area contributed by atoms with Gasteiger partial charge in [-0.1, -0.05) is 30.3 Å². The Morgan fingerprint density at radius 2 is 2.00 bits per heavy atom. The molecule has 0 spiro atoms. The van der Waals surface area contributed by atoms with Crippen molar-refractivity contribution in [1.29, 1.82) is 0 Å². The van der Waals surface area contributed by atoms with Crippen LogP contribution in [0.25, 0.3) is 0 Å². The van der Waals surface area contributed by atoms with Gasteiger partial charge in [-0.3, -0.25) is 0 Å². The molecule has 0 aromatic heterocycles. The lowest BCUT2D eigenvalue weighted by atomic mass is 10.0. The molecule has 2 aliphatic rings. The first-order chi connectivity index (χ1) is 12.3. The number of aliphatic hydroxyl groups excluding tert-OH is 1. The number of quaternary nitrogens is 2. The van der Waals surface area contributed by atoms with Crippen LogP contribution in [0.15, 0.2) is 30.3 Å². The van der Waals surface area contributed by atoms with E-state index >= 15 is 0 Å². The minimum absolute atomic E-state index is 0.244. The number of piperidine rings is 1. The molecule has 3 rings (SSSR count). The Morgan fingerprint density at radius 3 is 2.72 bits per heavy atom. The number of aliphatic hydroxyl groups is 1. The van der Waals surface area contributed by atoms with Crippen LogP contribution in [0.5, 0.6) is 0 Å². The van der Waals surface area contributed by atoms with Crippen LogP contribution in [-0.4, -0.2) is 62.8 Å². The van der Waals surface area contributed by atoms with E-state index in [2.05, 4.69) is 35.6 Å². The number of nitrogens with one attached hydrogen (secondary N) is 1. The first-order valence-electron chi connectivity index (χ1n) is 9.88. The average Bonchev–Trinajstić information content (AvgIpc) is 3.15. The fourth-order valence-electron chi connectivity index (χ4n) is 3.87. The molecule has 1 aromatic rings. The van der Waals surface area contributed by atoms with Crippen molar-refractivity contribution in [3.63, 3.8) is 0 Å². The van der Waals surface area contributed by atoms with Crippen molar-refractivity contribution in [3.8, 4) is 0 Å². The van der Waals surface area contributed by atoms with Gasteiger partial charge < -0.3 is 24.8 Å². The lowest BCUT2D eigenvalue weighted by molar-refractivity contribution is -0.926. The molecule has 2 heterocycles. The average molecular weight is 351 g/mol. The lowest BCUT2D eigenvalue weighted by Crippen LogP contribution is -3.13. The Bertz CT molecular complexity index is 471. The molecule has 0 aliphatic carbocycles. The number of benzene rings is 1. The summed E-state index contributed by atoms with van der Waals surface area (Å²) in [5, 5.41) is 12.4. The largest absolute Gasteiger partial charge is 0.385 e. The lowest BCUT2D eigenvalue weighted by Gasteiger charge is -2.28. The van der Waals surface area contributed by atoms with E-state index in [0.717, 1.165) is 32.5 Å². The van der Waals surface area contributed by atoms with Gasteiger partial charge in [0.25, 0.3) is 0 Å². The zero-order valence-electron chi connectivity index (χ0n) is 15.2. The van der Waals surface area contributed by atoms with E-state index in [9.17, 15) is 5.11 Å². The topological polar surface area (TPSA) is 59.7 Å². The minimum Gasteiger partial charge on any atom is -0.385 e. The summed E-state index contributed by atoms with van der Waals surface area (Å²) in [6, 6.07) is 11.4. The third-order valence-electron chi connectivity index (χ3n) is 5.41. The monoisotopic (exact) mass is 350 g/mol. The number of nitrogens with two attached hydrogens (primary N) is 1. The Morgan fingerprint density at radius 1 is 1.20 bits per heavy atom. The van der Waals surface area contributed by atoms with Crippen LogP contribution in [0, 0.1) is 0 Å². The van der Waals surface area contributed by atoms with Crippen LogP contribution in [0.2, 0.25) is 0 Å². The van der Waals surface area contributed by atoms with Gasteiger partial charge in [0.05, 0.1) is 38.4 Å². The second kappa shape index (κ2) is 10.2. The first kappa shape index (κ1) is 18.8. The number of likely N-dealkylation sites (tertiary alicyclic amines) is 1. The van der Waals surface area contributed by atoms with Crippen molar-refractivity contribution in [2.75, 3.05) is 39.5 Å². The van der Waals surface area contributed by atoms with Crippen LogP contribution in [0.1, 0.15) is 31.2 Å². The molecule has 4 N–H and O–H groups in total. The second-order valence-electron chi connectivity index (χ2n) is 7.55. The van der Waals surface area contributed by atoms with Crippen molar-refractivity contribution in [2.24, 2.45) is 0 Å². The van der Waals surface area contributed by atoms with E-state index in [4.69, 9.17) is 9.47 Å². The summed E-state index contributed by atoms with van der Waals surface area (Å²) in [4.78, 5) is 1.68. The Hall–Kier alpha value is -0.980. The summed E-state index contributed by atoms with van der Waals surface area (Å²) in [7, 11) is 0. The predicted molar refractivity (Wildman–Crippen MR) is 96.5 cm³/mol. The van der Waals surface area contributed by atoms with Gasteiger partial charge in [-0.05, 0) is 12.8 Å². The van der Waals surface area contributed by atoms with Gasteiger partial charge in [0.15, 0.2) is 0 Å². The highest BCUT2D eigenvalue weighted by molar-refractivity contribution is 5.13. The summed E-state index contributed by atoms with van der Waals surface area (Å²) < 4.78 is 11.1. The molecule has 0 bridgehead atoms. The maximum Gasteiger partial charge on any atom is 0.126 e. The Balaban J connectivity index is 1.24. The standard InChI is InChI=1S/C20H32N2O3/c23-19(15-24-16-20-7-4-12-25-20)13-21-18-8-10-22(11-9-18)14-17-5-2-1-3-6-17/h1-3,5-6,18-21,23H,4,7-16H2/p+2/t19-,20+/m0/s1. The molecule has 2 atom stereocenters. The highest BCUT2D eigenvalue weighted by atomic mass is 16.5. The molecule has 140 valence electrons. The fraction of sp³-hybridized carbons (Fsp3) is 0.700. The highest BCUT2D eigenvalue weighted by Crippen LogP contribution is 2.11. The molecular weight excluding hydrogens is 316 g/mol. The molecule has 2 aliphatic heterocycles. The van der Waals surface area contributed by atoms with Gasteiger partial charge in [0, 0.05) is 25.0 Å². The number of hydrogen-bond donors (Lipinski definition) is 3. The molecule has 0 radical (unpaired) electrons. The van der Waals surface area contributed by atoms with E-state index in [1.165, 1.54) is 31.5 Å². The van der Waals surface area contributed by atoms with Crippen molar-refractivity contribution < 1.29 is 24.8 Å². The van der Waals surface area contributed by atoms with Crippen molar-refractivity contribution >= 4 is 0 Å². The van der Waals surface area contributed by atoms with E-state index in [1.807, 2.05) is 0 Å². The molecular formula is C20H34N2O3+2. The molecule has 0 amide bonds.